The van der Waals surface area contributed by atoms with Gasteiger partial charge in [0.05, 0.1) is 12.2 Å². The molecular weight excluding hydrogens is 268 g/mol. The van der Waals surface area contributed by atoms with E-state index in [4.69, 9.17) is 0 Å². The van der Waals surface area contributed by atoms with Crippen molar-refractivity contribution in [1.82, 2.24) is 9.97 Å². The number of anilines is 1. The molecule has 1 aromatic carbocycles. The average molecular weight is 279 g/mol. The van der Waals surface area contributed by atoms with E-state index < -0.39 is 6.29 Å². The highest BCUT2D eigenvalue weighted by molar-refractivity contribution is 5.56. The first-order valence-electron chi connectivity index (χ1n) is 5.94. The van der Waals surface area contributed by atoms with E-state index in [1.807, 2.05) is 0 Å². The lowest BCUT2D eigenvalue weighted by Gasteiger charge is -2.07. The third-order valence-electron chi connectivity index (χ3n) is 2.71. The summed E-state index contributed by atoms with van der Waals surface area (Å²) in [5.41, 5.74) is 1.45. The van der Waals surface area contributed by atoms with Gasteiger partial charge in [-0.25, -0.2) is 9.97 Å². The number of nitrogens with zero attached hydrogens (tertiary/aromatic N) is 2. The summed E-state index contributed by atoms with van der Waals surface area (Å²) in [5.74, 6) is 0.715. The molecule has 3 rings (SSSR count). The second-order valence-corrected chi connectivity index (χ2v) is 4.28. The van der Waals surface area contributed by atoms with E-state index in [0.717, 1.165) is 5.69 Å². The number of aromatic nitrogens is 2. The number of fused-ring (bicyclic) bond motifs is 1. The van der Waals surface area contributed by atoms with Gasteiger partial charge in [0.15, 0.2) is 11.5 Å². The van der Waals surface area contributed by atoms with E-state index in [0.29, 0.717) is 18.1 Å². The first kappa shape index (κ1) is 12.6. The van der Waals surface area contributed by atoms with Crippen molar-refractivity contribution in [3.05, 3.63) is 42.0 Å². The fourth-order valence-corrected chi connectivity index (χ4v) is 1.86. The fraction of sp³-hybridized carbons (Fsp3) is 0.231. The molecule has 0 fully saturated rings. The maximum atomic E-state index is 12.9. The van der Waals surface area contributed by atoms with Gasteiger partial charge in [-0.1, -0.05) is 0 Å². The highest BCUT2D eigenvalue weighted by atomic mass is 19.3. The Kier molecular flexibility index (Phi) is 2.89. The number of alkyl halides is 2. The van der Waals surface area contributed by atoms with E-state index in [2.05, 4.69) is 24.8 Å². The normalized spacial score (nSPS) is 15.2. The Bertz CT molecular complexity index is 649. The third-order valence-corrected chi connectivity index (χ3v) is 2.71. The van der Waals surface area contributed by atoms with Gasteiger partial charge in [-0.05, 0) is 25.1 Å². The van der Waals surface area contributed by atoms with Crippen LogP contribution in [0.25, 0.3) is 0 Å². The lowest BCUT2D eigenvalue weighted by Crippen LogP contribution is -2.25. The fourth-order valence-electron chi connectivity index (χ4n) is 1.86. The van der Waals surface area contributed by atoms with Crippen LogP contribution in [0.3, 0.4) is 0 Å². The van der Waals surface area contributed by atoms with Gasteiger partial charge in [0, 0.05) is 18.0 Å². The van der Waals surface area contributed by atoms with Crippen LogP contribution in [0.1, 0.15) is 11.5 Å². The van der Waals surface area contributed by atoms with Crippen LogP contribution in [0, 0.1) is 6.92 Å². The summed E-state index contributed by atoms with van der Waals surface area (Å²) >= 11 is 0. The second kappa shape index (κ2) is 4.59. The minimum Gasteiger partial charge on any atom is -0.395 e. The van der Waals surface area contributed by atoms with E-state index in [-0.39, 0.29) is 11.5 Å². The summed E-state index contributed by atoms with van der Waals surface area (Å²) in [7, 11) is 0. The number of nitrogens with one attached hydrogen (secondary N) is 1. The number of halogens is 2. The predicted octanol–water partition coefficient (Wildman–Crippen LogP) is 2.72. The van der Waals surface area contributed by atoms with Crippen LogP contribution in [0.2, 0.25) is 0 Å². The second-order valence-electron chi connectivity index (χ2n) is 4.28. The molecule has 0 bridgehead atoms. The van der Waals surface area contributed by atoms with Gasteiger partial charge in [0.2, 0.25) is 0 Å². The summed E-state index contributed by atoms with van der Waals surface area (Å²) in [4.78, 5) is 8.23. The topological polar surface area (TPSA) is 56.3 Å². The van der Waals surface area contributed by atoms with Crippen LogP contribution in [0.5, 0.6) is 11.5 Å². The molecule has 0 spiro atoms. The van der Waals surface area contributed by atoms with Gasteiger partial charge in [-0.2, -0.15) is 0 Å². The van der Waals surface area contributed by atoms with Gasteiger partial charge in [0.25, 0.3) is 0 Å². The Labute approximate surface area is 113 Å². The summed E-state index contributed by atoms with van der Waals surface area (Å²) in [6.45, 7) is 2.26. The van der Waals surface area contributed by atoms with Crippen molar-refractivity contribution >= 4 is 5.69 Å². The molecule has 0 atom stereocenters. The number of hydrogen-bond acceptors (Lipinski definition) is 5. The van der Waals surface area contributed by atoms with E-state index in [1.54, 1.807) is 25.3 Å². The van der Waals surface area contributed by atoms with Crippen LogP contribution in [-0.2, 0) is 6.54 Å². The van der Waals surface area contributed by atoms with Gasteiger partial charge in [-0.15, -0.1) is 8.78 Å². The number of hydrogen-bond donors (Lipinski definition) is 1. The number of aryl methyl sites for hydroxylation is 1. The molecular formula is C13H11F2N3O2. The maximum absolute atomic E-state index is 12.9. The first-order valence-corrected chi connectivity index (χ1v) is 5.94. The lowest BCUT2D eigenvalue weighted by atomic mass is 10.2. The molecule has 0 radical (unpaired) electrons. The smallest absolute Gasteiger partial charge is 0.395 e. The largest absolute Gasteiger partial charge is 0.586 e. The zero-order valence-corrected chi connectivity index (χ0v) is 10.6. The molecule has 0 aliphatic carbocycles. The summed E-state index contributed by atoms with van der Waals surface area (Å²) in [6, 6.07) is 6.31. The van der Waals surface area contributed by atoms with E-state index in [9.17, 15) is 8.78 Å². The van der Waals surface area contributed by atoms with Crippen molar-refractivity contribution in [1.29, 1.82) is 0 Å². The molecule has 1 aliphatic heterocycles. The molecule has 104 valence electrons. The Hall–Kier alpha value is -2.44. The zero-order chi connectivity index (χ0) is 14.2. The molecule has 20 heavy (non-hydrogen) atoms. The predicted molar refractivity (Wildman–Crippen MR) is 66.7 cm³/mol. The van der Waals surface area contributed by atoms with Crippen LogP contribution in [0.4, 0.5) is 14.5 Å². The molecule has 0 amide bonds. The Balaban J connectivity index is 1.71. The van der Waals surface area contributed by atoms with Crippen LogP contribution < -0.4 is 14.8 Å². The molecule has 2 heterocycles. The molecule has 1 N–H and O–H groups in total. The lowest BCUT2D eigenvalue weighted by molar-refractivity contribution is -0.286. The molecule has 1 aliphatic rings. The van der Waals surface area contributed by atoms with Gasteiger partial charge < -0.3 is 14.8 Å². The monoisotopic (exact) mass is 279 g/mol. The van der Waals surface area contributed by atoms with Crippen molar-refractivity contribution in [2.45, 2.75) is 19.8 Å². The summed E-state index contributed by atoms with van der Waals surface area (Å²) in [6.07, 6.45) is -1.93. The molecule has 7 heteroatoms. The van der Waals surface area contributed by atoms with Gasteiger partial charge in [-0.3, -0.25) is 0 Å². The molecule has 0 saturated carbocycles. The van der Waals surface area contributed by atoms with Crippen molar-refractivity contribution in [3.8, 4) is 11.5 Å². The quantitative estimate of drug-likeness (QED) is 0.936. The van der Waals surface area contributed by atoms with Gasteiger partial charge in [0.1, 0.15) is 5.82 Å². The maximum Gasteiger partial charge on any atom is 0.586 e. The van der Waals surface area contributed by atoms with Crippen LogP contribution in [0.15, 0.2) is 30.5 Å². The van der Waals surface area contributed by atoms with Gasteiger partial charge >= 0.3 is 6.29 Å². The minimum absolute atomic E-state index is 0.0128. The third kappa shape index (κ3) is 2.61. The SMILES string of the molecule is Cc1nccc(CNc2ccc3c(c2)OC(F)(F)O3)n1. The Morgan fingerprint density at radius 1 is 1.20 bits per heavy atom. The zero-order valence-electron chi connectivity index (χ0n) is 10.6. The van der Waals surface area contributed by atoms with E-state index in [1.165, 1.54) is 12.1 Å². The summed E-state index contributed by atoms with van der Waals surface area (Å²) in [5, 5.41) is 3.07. The highest BCUT2D eigenvalue weighted by Gasteiger charge is 2.43. The van der Waals surface area contributed by atoms with Crippen molar-refractivity contribution in [2.24, 2.45) is 0 Å². The van der Waals surface area contributed by atoms with Crippen LogP contribution in [-0.4, -0.2) is 16.3 Å². The molecule has 0 unspecified atom stereocenters. The Morgan fingerprint density at radius 3 is 2.80 bits per heavy atom. The standard InChI is InChI=1S/C13H11F2N3O2/c1-8-16-5-4-10(18-8)7-17-9-2-3-11-12(6-9)20-13(14,15)19-11/h2-6,17H,7H2,1H3. The first-order chi connectivity index (χ1) is 9.52. The van der Waals surface area contributed by atoms with Crippen molar-refractivity contribution in [2.75, 3.05) is 5.32 Å². The van der Waals surface area contributed by atoms with Crippen molar-refractivity contribution in [3.63, 3.8) is 0 Å². The molecule has 1 aromatic heterocycles. The minimum atomic E-state index is -3.59. The molecule has 5 nitrogen and oxygen atoms in total. The van der Waals surface area contributed by atoms with E-state index >= 15 is 0 Å². The molecule has 2 aromatic rings. The highest BCUT2D eigenvalue weighted by Crippen LogP contribution is 2.42. The Morgan fingerprint density at radius 2 is 2.00 bits per heavy atom. The molecule has 0 saturated heterocycles. The van der Waals surface area contributed by atoms with Crippen molar-refractivity contribution < 1.29 is 18.3 Å². The number of ether oxygens (including phenoxy) is 2. The van der Waals surface area contributed by atoms with Crippen LogP contribution >= 0.6 is 0 Å². The average Bonchev–Trinajstić information content (AvgIpc) is 2.69. The summed E-state index contributed by atoms with van der Waals surface area (Å²) < 4.78 is 34.5. The number of benzene rings is 1. The number of rotatable bonds is 3.